The third-order valence-corrected chi connectivity index (χ3v) is 4.44. The molecule has 142 valence electrons. The van der Waals surface area contributed by atoms with Crippen LogP contribution in [0.1, 0.15) is 26.2 Å². The summed E-state index contributed by atoms with van der Waals surface area (Å²) in [5.74, 6) is 2.49. The molecule has 2 rings (SSSR count). The Morgan fingerprint density at radius 1 is 1.28 bits per heavy atom. The summed E-state index contributed by atoms with van der Waals surface area (Å²) in [6, 6.07) is 5.55. The molecule has 1 aromatic rings. The van der Waals surface area contributed by atoms with Gasteiger partial charge in [-0.1, -0.05) is 6.92 Å². The molecule has 6 nitrogen and oxygen atoms in total. The number of halogens is 1. The molecule has 1 heterocycles. The van der Waals surface area contributed by atoms with Crippen LogP contribution in [0.4, 0.5) is 5.69 Å². The van der Waals surface area contributed by atoms with Gasteiger partial charge >= 0.3 is 0 Å². The Morgan fingerprint density at radius 2 is 2.00 bits per heavy atom. The second-order valence-corrected chi connectivity index (χ2v) is 6.20. The van der Waals surface area contributed by atoms with Crippen LogP contribution in [0.5, 0.6) is 11.5 Å². The second kappa shape index (κ2) is 11.4. The molecule has 0 aliphatic carbocycles. The summed E-state index contributed by atoms with van der Waals surface area (Å²) < 4.78 is 10.6. The molecule has 7 heteroatoms. The lowest BCUT2D eigenvalue weighted by Crippen LogP contribution is -2.35. The summed E-state index contributed by atoms with van der Waals surface area (Å²) in [4.78, 5) is 7.04. The molecule has 25 heavy (non-hydrogen) atoms. The number of ether oxygens (including phenoxy) is 2. The fourth-order valence-corrected chi connectivity index (χ4v) is 3.03. The van der Waals surface area contributed by atoms with E-state index in [-0.39, 0.29) is 24.0 Å². The van der Waals surface area contributed by atoms with Crippen LogP contribution >= 0.6 is 24.0 Å². The Labute approximate surface area is 168 Å². The fraction of sp³-hybridized carbons (Fsp3) is 0.611. The molecule has 0 amide bonds. The lowest BCUT2D eigenvalue weighted by Gasteiger charge is -2.30. The number of benzene rings is 1. The van der Waals surface area contributed by atoms with Gasteiger partial charge in [-0.05, 0) is 56.9 Å². The van der Waals surface area contributed by atoms with E-state index >= 15 is 0 Å². The summed E-state index contributed by atoms with van der Waals surface area (Å²) in [6.45, 7) is 6.55. The molecule has 1 fully saturated rings. The second-order valence-electron chi connectivity index (χ2n) is 6.20. The molecule has 1 saturated heterocycles. The number of anilines is 1. The predicted octanol–water partition coefficient (Wildman–Crippen LogP) is 3.17. The van der Waals surface area contributed by atoms with Gasteiger partial charge < -0.3 is 25.4 Å². The van der Waals surface area contributed by atoms with Crippen LogP contribution in [0.3, 0.4) is 0 Å². The van der Waals surface area contributed by atoms with Gasteiger partial charge in [0.15, 0.2) is 5.96 Å². The van der Waals surface area contributed by atoms with E-state index in [4.69, 9.17) is 15.2 Å². The Balaban J connectivity index is 0.00000312. The Bertz CT molecular complexity index is 546. The van der Waals surface area contributed by atoms with Gasteiger partial charge in [0.25, 0.3) is 0 Å². The fourth-order valence-electron chi connectivity index (χ4n) is 3.03. The number of nitrogens with two attached hydrogens (primary N) is 1. The molecule has 0 radical (unpaired) electrons. The van der Waals surface area contributed by atoms with Crippen LogP contribution in [-0.2, 0) is 0 Å². The molecular weight excluding hydrogens is 431 g/mol. The van der Waals surface area contributed by atoms with Crippen LogP contribution in [0, 0.1) is 5.92 Å². The van der Waals surface area contributed by atoms with Gasteiger partial charge in [-0.25, -0.2) is 0 Å². The minimum Gasteiger partial charge on any atom is -0.497 e. The van der Waals surface area contributed by atoms with Crippen molar-refractivity contribution in [1.29, 1.82) is 0 Å². The van der Waals surface area contributed by atoms with Crippen molar-refractivity contribution in [1.82, 2.24) is 4.90 Å². The number of piperidine rings is 1. The zero-order chi connectivity index (χ0) is 17.4. The highest BCUT2D eigenvalue weighted by Gasteiger charge is 2.18. The molecule has 1 aliphatic rings. The standard InChI is InChI=1S/C18H30N4O2.HI/c1-4-9-22-10-7-14(8-11-22)13-20-18(19)21-16-12-15(23-2)5-6-17(16)24-3;/h5-6,12,14H,4,7-11,13H2,1-3H3,(H3,19,20,21);1H. The van der Waals surface area contributed by atoms with E-state index in [2.05, 4.69) is 22.1 Å². The van der Waals surface area contributed by atoms with Gasteiger partial charge in [-0.15, -0.1) is 24.0 Å². The lowest BCUT2D eigenvalue weighted by atomic mass is 9.97. The summed E-state index contributed by atoms with van der Waals surface area (Å²) in [5.41, 5.74) is 6.81. The van der Waals surface area contributed by atoms with Gasteiger partial charge in [0.05, 0.1) is 19.9 Å². The number of nitrogens with zero attached hydrogens (tertiary/aromatic N) is 2. The topological polar surface area (TPSA) is 72.1 Å². The molecule has 1 aromatic carbocycles. The van der Waals surface area contributed by atoms with Gasteiger partial charge in [0.1, 0.15) is 11.5 Å². The zero-order valence-electron chi connectivity index (χ0n) is 15.5. The van der Waals surface area contributed by atoms with E-state index in [1.54, 1.807) is 14.2 Å². The van der Waals surface area contributed by atoms with Gasteiger partial charge in [0.2, 0.25) is 0 Å². The molecule has 0 unspecified atom stereocenters. The summed E-state index contributed by atoms with van der Waals surface area (Å²) >= 11 is 0. The van der Waals surface area contributed by atoms with Crippen molar-refractivity contribution in [2.24, 2.45) is 16.6 Å². The first-order valence-corrected chi connectivity index (χ1v) is 8.67. The molecule has 0 aromatic heterocycles. The normalized spacial score (nSPS) is 16.2. The summed E-state index contributed by atoms with van der Waals surface area (Å²) in [6.07, 6.45) is 3.61. The number of hydrogen-bond donors (Lipinski definition) is 2. The number of likely N-dealkylation sites (tertiary alicyclic amines) is 1. The summed E-state index contributed by atoms with van der Waals surface area (Å²) in [5, 5.41) is 3.12. The van der Waals surface area contributed by atoms with E-state index in [0.29, 0.717) is 17.6 Å². The van der Waals surface area contributed by atoms with Gasteiger partial charge in [-0.3, -0.25) is 4.99 Å². The van der Waals surface area contributed by atoms with Crippen molar-refractivity contribution < 1.29 is 9.47 Å². The van der Waals surface area contributed by atoms with Crippen LogP contribution in [0.15, 0.2) is 23.2 Å². The monoisotopic (exact) mass is 462 g/mol. The first-order valence-electron chi connectivity index (χ1n) is 8.67. The van der Waals surface area contributed by atoms with Gasteiger partial charge in [0, 0.05) is 12.6 Å². The Hall–Kier alpha value is -1.22. The molecule has 0 bridgehead atoms. The van der Waals surface area contributed by atoms with Crippen molar-refractivity contribution in [2.45, 2.75) is 26.2 Å². The Morgan fingerprint density at radius 3 is 2.60 bits per heavy atom. The first-order chi connectivity index (χ1) is 11.7. The smallest absolute Gasteiger partial charge is 0.193 e. The minimum absolute atomic E-state index is 0. The van der Waals surface area contributed by atoms with Crippen LogP contribution in [0.25, 0.3) is 0 Å². The number of hydrogen-bond acceptors (Lipinski definition) is 4. The number of rotatable bonds is 7. The van der Waals surface area contributed by atoms with E-state index in [1.165, 1.54) is 38.9 Å². The maximum Gasteiger partial charge on any atom is 0.193 e. The average Bonchev–Trinajstić information content (AvgIpc) is 2.61. The zero-order valence-corrected chi connectivity index (χ0v) is 17.8. The summed E-state index contributed by atoms with van der Waals surface area (Å²) in [7, 11) is 3.26. The number of nitrogens with one attached hydrogen (secondary N) is 1. The van der Waals surface area contributed by atoms with Crippen LogP contribution in [-0.4, -0.2) is 51.3 Å². The molecule has 0 spiro atoms. The molecule has 0 saturated carbocycles. The number of aliphatic imine (C=N–C) groups is 1. The number of methoxy groups -OCH3 is 2. The maximum atomic E-state index is 6.05. The average molecular weight is 462 g/mol. The van der Waals surface area contributed by atoms with E-state index in [9.17, 15) is 0 Å². The number of guanidine groups is 1. The first kappa shape index (κ1) is 21.8. The van der Waals surface area contributed by atoms with E-state index in [1.807, 2.05) is 18.2 Å². The maximum absolute atomic E-state index is 6.05. The van der Waals surface area contributed by atoms with Crippen molar-refractivity contribution >= 4 is 35.6 Å². The highest BCUT2D eigenvalue weighted by atomic mass is 127. The van der Waals surface area contributed by atoms with E-state index in [0.717, 1.165) is 18.0 Å². The van der Waals surface area contributed by atoms with Crippen molar-refractivity contribution in [3.05, 3.63) is 18.2 Å². The lowest BCUT2D eigenvalue weighted by molar-refractivity contribution is 0.188. The SMILES string of the molecule is CCCN1CCC(CN=C(N)Nc2cc(OC)ccc2OC)CC1.I. The third-order valence-electron chi connectivity index (χ3n) is 4.44. The molecular formula is C18H31IN4O2. The molecule has 1 aliphatic heterocycles. The van der Waals surface area contributed by atoms with Crippen molar-refractivity contribution in [3.8, 4) is 11.5 Å². The van der Waals surface area contributed by atoms with Crippen molar-refractivity contribution in [3.63, 3.8) is 0 Å². The largest absolute Gasteiger partial charge is 0.497 e. The third kappa shape index (κ3) is 6.89. The highest BCUT2D eigenvalue weighted by Crippen LogP contribution is 2.28. The van der Waals surface area contributed by atoms with Crippen LogP contribution < -0.4 is 20.5 Å². The molecule has 3 N–H and O–H groups in total. The highest BCUT2D eigenvalue weighted by molar-refractivity contribution is 14.0. The van der Waals surface area contributed by atoms with Crippen LogP contribution in [0.2, 0.25) is 0 Å². The van der Waals surface area contributed by atoms with E-state index < -0.39 is 0 Å². The Kier molecular flexibility index (Phi) is 9.96. The minimum atomic E-state index is 0. The predicted molar refractivity (Wildman–Crippen MR) is 115 cm³/mol. The van der Waals surface area contributed by atoms with Gasteiger partial charge in [-0.2, -0.15) is 0 Å². The van der Waals surface area contributed by atoms with Crippen molar-refractivity contribution in [2.75, 3.05) is 45.7 Å². The molecule has 0 atom stereocenters. The quantitative estimate of drug-likeness (QED) is 0.370.